The lowest BCUT2D eigenvalue weighted by Gasteiger charge is -2.36. The summed E-state index contributed by atoms with van der Waals surface area (Å²) in [4.78, 5) is 28.2. The number of benzene rings is 2. The summed E-state index contributed by atoms with van der Waals surface area (Å²) in [5.41, 5.74) is -0.000595. The monoisotopic (exact) mass is 464 g/mol. The van der Waals surface area contributed by atoms with Crippen molar-refractivity contribution < 1.29 is 37.0 Å². The van der Waals surface area contributed by atoms with Gasteiger partial charge in [-0.2, -0.15) is 13.2 Å². The molecule has 2 aliphatic rings. The number of amides is 1. The van der Waals surface area contributed by atoms with Crippen LogP contribution in [0.25, 0.3) is 0 Å². The van der Waals surface area contributed by atoms with E-state index in [1.54, 1.807) is 23.1 Å². The van der Waals surface area contributed by atoms with E-state index in [0.717, 1.165) is 18.6 Å². The first-order valence-corrected chi connectivity index (χ1v) is 10.6. The third-order valence-electron chi connectivity index (χ3n) is 5.48. The van der Waals surface area contributed by atoms with Crippen molar-refractivity contribution in [2.75, 3.05) is 50.9 Å². The zero-order valence-electron chi connectivity index (χ0n) is 17.8. The molecule has 1 amide bonds. The molecule has 0 radical (unpaired) electrons. The third-order valence-corrected chi connectivity index (χ3v) is 5.48. The highest BCUT2D eigenvalue weighted by molar-refractivity contribution is 5.92. The number of carbonyl (C=O) groups is 2. The molecular formula is C23H23F3N2O5. The summed E-state index contributed by atoms with van der Waals surface area (Å²) in [6, 6.07) is 9.83. The molecule has 0 atom stereocenters. The zero-order valence-corrected chi connectivity index (χ0v) is 17.8. The third kappa shape index (κ3) is 5.50. The van der Waals surface area contributed by atoms with Crippen LogP contribution in [0.15, 0.2) is 42.5 Å². The number of ether oxygens (including phenoxy) is 3. The second-order valence-electron chi connectivity index (χ2n) is 7.70. The molecule has 0 unspecified atom stereocenters. The summed E-state index contributed by atoms with van der Waals surface area (Å²) >= 11 is 0. The summed E-state index contributed by atoms with van der Waals surface area (Å²) < 4.78 is 55.1. The number of carbonyl (C=O) groups excluding carboxylic acids is 2. The van der Waals surface area contributed by atoms with Crippen molar-refractivity contribution in [2.24, 2.45) is 0 Å². The van der Waals surface area contributed by atoms with Crippen LogP contribution in [0.2, 0.25) is 0 Å². The molecule has 33 heavy (non-hydrogen) atoms. The Labute approximate surface area is 188 Å². The molecular weight excluding hydrogens is 441 g/mol. The molecule has 2 aromatic rings. The molecule has 0 saturated carbocycles. The van der Waals surface area contributed by atoms with Gasteiger partial charge in [0, 0.05) is 38.3 Å². The maximum atomic E-state index is 13.0. The van der Waals surface area contributed by atoms with Crippen LogP contribution in [0, 0.1) is 0 Å². The Bertz CT molecular complexity index is 1020. The van der Waals surface area contributed by atoms with Crippen molar-refractivity contribution >= 4 is 17.6 Å². The Morgan fingerprint density at radius 3 is 2.39 bits per heavy atom. The fourth-order valence-corrected chi connectivity index (χ4v) is 3.69. The maximum absolute atomic E-state index is 13.0. The van der Waals surface area contributed by atoms with Gasteiger partial charge in [-0.05, 0) is 36.4 Å². The summed E-state index contributed by atoms with van der Waals surface area (Å²) in [7, 11) is 0. The molecule has 0 aromatic heterocycles. The van der Waals surface area contributed by atoms with E-state index in [2.05, 4.69) is 0 Å². The summed E-state index contributed by atoms with van der Waals surface area (Å²) in [6.45, 7) is 1.99. The van der Waals surface area contributed by atoms with Gasteiger partial charge in [0.25, 0.3) is 5.91 Å². The number of nitrogens with zero attached hydrogens (tertiary/aromatic N) is 2. The van der Waals surface area contributed by atoms with E-state index in [4.69, 9.17) is 14.2 Å². The largest absolute Gasteiger partial charge is 0.490 e. The highest BCUT2D eigenvalue weighted by Crippen LogP contribution is 2.32. The number of rotatable bonds is 4. The lowest BCUT2D eigenvalue weighted by atomic mass is 10.1. The van der Waals surface area contributed by atoms with Gasteiger partial charge in [-0.25, -0.2) is 4.79 Å². The molecule has 2 aromatic carbocycles. The highest BCUT2D eigenvalue weighted by Gasteiger charge is 2.31. The SMILES string of the molecule is O=C(OCC(=O)N1CCN(c2cccc(C(F)(F)F)c2)CC1)c1ccc2c(c1)OCCCO2. The van der Waals surface area contributed by atoms with Gasteiger partial charge in [0.15, 0.2) is 18.1 Å². The Morgan fingerprint density at radius 2 is 1.67 bits per heavy atom. The molecule has 0 aliphatic carbocycles. The fraction of sp³-hybridized carbons (Fsp3) is 0.391. The van der Waals surface area contributed by atoms with E-state index in [1.165, 1.54) is 17.0 Å². The second-order valence-corrected chi connectivity index (χ2v) is 7.70. The molecule has 0 bridgehead atoms. The van der Waals surface area contributed by atoms with E-state index < -0.39 is 24.3 Å². The Hall–Kier alpha value is -3.43. The van der Waals surface area contributed by atoms with E-state index in [0.29, 0.717) is 56.6 Å². The van der Waals surface area contributed by atoms with Crippen LogP contribution in [0.3, 0.4) is 0 Å². The van der Waals surface area contributed by atoms with Crippen molar-refractivity contribution in [1.29, 1.82) is 0 Å². The average Bonchev–Trinajstić information content (AvgIpc) is 3.07. The van der Waals surface area contributed by atoms with Gasteiger partial charge < -0.3 is 24.0 Å². The number of hydrogen-bond donors (Lipinski definition) is 0. The van der Waals surface area contributed by atoms with Crippen molar-refractivity contribution in [2.45, 2.75) is 12.6 Å². The number of halogens is 3. The van der Waals surface area contributed by atoms with Gasteiger partial charge in [-0.3, -0.25) is 4.79 Å². The summed E-state index contributed by atoms with van der Waals surface area (Å²) in [5.74, 6) is 0.000688. The molecule has 4 rings (SSSR count). The lowest BCUT2D eigenvalue weighted by molar-refractivity contribution is -0.137. The predicted octanol–water partition coefficient (Wildman–Crippen LogP) is 3.37. The van der Waals surface area contributed by atoms with E-state index in [9.17, 15) is 22.8 Å². The van der Waals surface area contributed by atoms with Gasteiger partial charge in [0.1, 0.15) is 0 Å². The molecule has 2 aliphatic heterocycles. The minimum Gasteiger partial charge on any atom is -0.490 e. The van der Waals surface area contributed by atoms with E-state index in [1.807, 2.05) is 0 Å². The van der Waals surface area contributed by atoms with E-state index in [-0.39, 0.29) is 11.5 Å². The minimum absolute atomic E-state index is 0.251. The molecule has 7 nitrogen and oxygen atoms in total. The number of piperazine rings is 1. The minimum atomic E-state index is -4.41. The standard InChI is InChI=1S/C23H23F3N2O5/c24-23(25,26)17-3-1-4-18(14-17)27-7-9-28(10-8-27)21(29)15-33-22(30)16-5-6-19-20(13-16)32-12-2-11-31-19/h1,3-6,13-14H,2,7-12,15H2. The molecule has 0 spiro atoms. The van der Waals surface area contributed by atoms with Crippen LogP contribution in [0.1, 0.15) is 22.3 Å². The molecule has 2 heterocycles. The van der Waals surface area contributed by atoms with Crippen molar-refractivity contribution in [1.82, 2.24) is 4.90 Å². The number of fused-ring (bicyclic) bond motifs is 1. The first-order chi connectivity index (χ1) is 15.8. The molecule has 0 N–H and O–H groups in total. The van der Waals surface area contributed by atoms with Gasteiger partial charge in [-0.1, -0.05) is 6.07 Å². The molecule has 1 saturated heterocycles. The van der Waals surface area contributed by atoms with Crippen LogP contribution in [-0.2, 0) is 15.7 Å². The fourth-order valence-electron chi connectivity index (χ4n) is 3.69. The van der Waals surface area contributed by atoms with Gasteiger partial charge in [0.05, 0.1) is 24.3 Å². The highest BCUT2D eigenvalue weighted by atomic mass is 19.4. The number of anilines is 1. The zero-order chi connectivity index (χ0) is 23.4. The normalized spacial score (nSPS) is 16.2. The van der Waals surface area contributed by atoms with Crippen LogP contribution in [-0.4, -0.2) is 62.8 Å². The number of esters is 1. The molecule has 10 heteroatoms. The number of alkyl halides is 3. The predicted molar refractivity (Wildman–Crippen MR) is 113 cm³/mol. The molecule has 1 fully saturated rings. The first kappa shape index (κ1) is 22.8. The second kappa shape index (κ2) is 9.60. The van der Waals surface area contributed by atoms with Crippen LogP contribution in [0.5, 0.6) is 11.5 Å². The van der Waals surface area contributed by atoms with Gasteiger partial charge in [-0.15, -0.1) is 0 Å². The molecule has 176 valence electrons. The van der Waals surface area contributed by atoms with Crippen molar-refractivity contribution in [3.05, 3.63) is 53.6 Å². The summed E-state index contributed by atoms with van der Waals surface area (Å²) in [6.07, 6.45) is -3.67. The maximum Gasteiger partial charge on any atom is 0.416 e. The van der Waals surface area contributed by atoms with Crippen molar-refractivity contribution in [3.8, 4) is 11.5 Å². The first-order valence-electron chi connectivity index (χ1n) is 10.6. The Balaban J connectivity index is 1.28. The smallest absolute Gasteiger partial charge is 0.416 e. The van der Waals surface area contributed by atoms with E-state index >= 15 is 0 Å². The van der Waals surface area contributed by atoms with Crippen LogP contribution < -0.4 is 14.4 Å². The number of hydrogen-bond acceptors (Lipinski definition) is 6. The lowest BCUT2D eigenvalue weighted by Crippen LogP contribution is -2.50. The summed E-state index contributed by atoms with van der Waals surface area (Å²) in [5, 5.41) is 0. The van der Waals surface area contributed by atoms with Crippen LogP contribution in [0.4, 0.5) is 18.9 Å². The average molecular weight is 464 g/mol. The Morgan fingerprint density at radius 1 is 0.939 bits per heavy atom. The van der Waals surface area contributed by atoms with Crippen molar-refractivity contribution in [3.63, 3.8) is 0 Å². The van der Waals surface area contributed by atoms with Crippen LogP contribution >= 0.6 is 0 Å². The quantitative estimate of drug-likeness (QED) is 0.647. The van der Waals surface area contributed by atoms with Gasteiger partial charge >= 0.3 is 12.1 Å². The topological polar surface area (TPSA) is 68.3 Å². The van der Waals surface area contributed by atoms with Gasteiger partial charge in [0.2, 0.25) is 0 Å². The Kier molecular flexibility index (Phi) is 6.62.